The number of nitrogens with zero attached hydrogens (tertiary/aromatic N) is 1. The summed E-state index contributed by atoms with van der Waals surface area (Å²) in [7, 11) is 0. The fourth-order valence-corrected chi connectivity index (χ4v) is 2.27. The van der Waals surface area contributed by atoms with Crippen LogP contribution in [0.25, 0.3) is 0 Å². The topological polar surface area (TPSA) is 40.5 Å². The number of rotatable bonds is 7. The van der Waals surface area contributed by atoms with Crippen LogP contribution in [0.3, 0.4) is 0 Å². The Morgan fingerprint density at radius 2 is 2.06 bits per heavy atom. The first kappa shape index (κ1) is 13.1. The molecule has 1 aromatic rings. The summed E-state index contributed by atoms with van der Waals surface area (Å²) in [5, 5.41) is 9.39. The van der Waals surface area contributed by atoms with Gasteiger partial charge in [0.25, 0.3) is 0 Å². The number of benzene rings is 1. The highest BCUT2D eigenvalue weighted by molar-refractivity contribution is 5.76. The molecule has 1 saturated carbocycles. The Kier molecular flexibility index (Phi) is 4.37. The molecule has 0 bridgehead atoms. The van der Waals surface area contributed by atoms with Crippen LogP contribution in [0.5, 0.6) is 0 Å². The van der Waals surface area contributed by atoms with Gasteiger partial charge in [-0.1, -0.05) is 37.3 Å². The van der Waals surface area contributed by atoms with Gasteiger partial charge in [-0.15, -0.1) is 0 Å². The van der Waals surface area contributed by atoms with Gasteiger partial charge in [-0.2, -0.15) is 0 Å². The van der Waals surface area contributed by atoms with E-state index in [1.807, 2.05) is 30.3 Å². The van der Waals surface area contributed by atoms with Crippen molar-refractivity contribution in [1.82, 2.24) is 4.90 Å². The molecule has 1 aliphatic carbocycles. The summed E-state index contributed by atoms with van der Waals surface area (Å²) in [6, 6.07) is 9.54. The van der Waals surface area contributed by atoms with Crippen molar-refractivity contribution in [2.45, 2.75) is 25.7 Å². The smallest absolute Gasteiger partial charge is 0.312 e. The summed E-state index contributed by atoms with van der Waals surface area (Å²) < 4.78 is 0. The van der Waals surface area contributed by atoms with Gasteiger partial charge in [0, 0.05) is 13.1 Å². The first-order valence-corrected chi connectivity index (χ1v) is 6.70. The van der Waals surface area contributed by atoms with Gasteiger partial charge in [0.1, 0.15) is 0 Å². The Hall–Kier alpha value is -1.35. The van der Waals surface area contributed by atoms with E-state index in [-0.39, 0.29) is 0 Å². The van der Waals surface area contributed by atoms with Crippen molar-refractivity contribution in [1.29, 1.82) is 0 Å². The molecular formula is C15H21NO2. The Morgan fingerprint density at radius 3 is 2.56 bits per heavy atom. The maximum Gasteiger partial charge on any atom is 0.312 e. The minimum absolute atomic E-state index is 0.412. The summed E-state index contributed by atoms with van der Waals surface area (Å²) >= 11 is 0. The lowest BCUT2D eigenvalue weighted by atomic mass is 9.98. The number of likely N-dealkylation sites (N-methyl/N-ethyl adjacent to an activating group) is 1. The molecule has 98 valence electrons. The van der Waals surface area contributed by atoms with E-state index >= 15 is 0 Å². The average Bonchev–Trinajstić information content (AvgIpc) is 3.19. The first-order chi connectivity index (χ1) is 8.70. The van der Waals surface area contributed by atoms with E-state index in [4.69, 9.17) is 0 Å². The second-order valence-corrected chi connectivity index (χ2v) is 5.10. The van der Waals surface area contributed by atoms with E-state index in [2.05, 4.69) is 11.8 Å². The highest BCUT2D eigenvalue weighted by atomic mass is 16.4. The Bertz CT molecular complexity index is 387. The van der Waals surface area contributed by atoms with Crippen molar-refractivity contribution in [3.8, 4) is 0 Å². The van der Waals surface area contributed by atoms with Crippen molar-refractivity contribution in [3.05, 3.63) is 35.9 Å². The molecule has 3 heteroatoms. The summed E-state index contributed by atoms with van der Waals surface area (Å²) in [6.45, 7) is 4.69. The summed E-state index contributed by atoms with van der Waals surface area (Å²) in [4.78, 5) is 13.7. The molecule has 18 heavy (non-hydrogen) atoms. The molecular weight excluding hydrogens is 226 g/mol. The summed E-state index contributed by atoms with van der Waals surface area (Å²) in [5.74, 6) is -0.337. The van der Waals surface area contributed by atoms with E-state index in [0.29, 0.717) is 6.54 Å². The largest absolute Gasteiger partial charge is 0.481 e. The predicted molar refractivity (Wildman–Crippen MR) is 71.7 cm³/mol. The summed E-state index contributed by atoms with van der Waals surface area (Å²) in [5.41, 5.74) is 0.902. The lowest BCUT2D eigenvalue weighted by molar-refractivity contribution is -0.139. The lowest BCUT2D eigenvalue weighted by Crippen LogP contribution is -2.33. The third kappa shape index (κ3) is 3.57. The summed E-state index contributed by atoms with van der Waals surface area (Å²) in [6.07, 6.45) is 2.61. The molecule has 1 unspecified atom stereocenters. The molecule has 3 nitrogen and oxygen atoms in total. The number of hydrogen-bond donors (Lipinski definition) is 1. The van der Waals surface area contributed by atoms with Crippen molar-refractivity contribution in [2.24, 2.45) is 5.92 Å². The zero-order chi connectivity index (χ0) is 13.0. The maximum absolute atomic E-state index is 11.4. The van der Waals surface area contributed by atoms with E-state index in [1.165, 1.54) is 12.8 Å². The van der Waals surface area contributed by atoms with E-state index < -0.39 is 11.9 Å². The molecule has 2 rings (SSSR count). The van der Waals surface area contributed by atoms with Crippen LogP contribution in [0.4, 0.5) is 0 Å². The van der Waals surface area contributed by atoms with Crippen molar-refractivity contribution >= 4 is 5.97 Å². The number of carboxylic acid groups (broad SMARTS) is 1. The number of carbonyl (C=O) groups is 1. The van der Waals surface area contributed by atoms with E-state index in [9.17, 15) is 9.90 Å². The van der Waals surface area contributed by atoms with Gasteiger partial charge < -0.3 is 10.0 Å². The van der Waals surface area contributed by atoms with Gasteiger partial charge in [0.05, 0.1) is 5.92 Å². The van der Waals surface area contributed by atoms with Crippen molar-refractivity contribution < 1.29 is 9.90 Å². The standard InChI is InChI=1S/C15H21NO2/c1-2-16(10-12-8-9-12)11-14(15(17)18)13-6-4-3-5-7-13/h3-7,12,14H,2,8-11H2,1H3,(H,17,18). The fraction of sp³-hybridized carbons (Fsp3) is 0.533. The van der Waals surface area contributed by atoms with Gasteiger partial charge in [0.2, 0.25) is 0 Å². The van der Waals surface area contributed by atoms with Crippen LogP contribution in [-0.2, 0) is 4.79 Å². The molecule has 1 atom stereocenters. The van der Waals surface area contributed by atoms with Crippen LogP contribution in [0.2, 0.25) is 0 Å². The monoisotopic (exact) mass is 247 g/mol. The van der Waals surface area contributed by atoms with Gasteiger partial charge >= 0.3 is 5.97 Å². The lowest BCUT2D eigenvalue weighted by Gasteiger charge is -2.24. The molecule has 0 aromatic heterocycles. The Labute approximate surface area is 108 Å². The highest BCUT2D eigenvalue weighted by Crippen LogP contribution is 2.30. The van der Waals surface area contributed by atoms with Crippen molar-refractivity contribution in [3.63, 3.8) is 0 Å². The quantitative estimate of drug-likeness (QED) is 0.805. The second-order valence-electron chi connectivity index (χ2n) is 5.10. The normalized spacial score (nSPS) is 16.8. The number of hydrogen-bond acceptors (Lipinski definition) is 2. The zero-order valence-corrected chi connectivity index (χ0v) is 10.9. The predicted octanol–water partition coefficient (Wildman–Crippen LogP) is 2.59. The van der Waals surface area contributed by atoms with Crippen molar-refractivity contribution in [2.75, 3.05) is 19.6 Å². The van der Waals surface area contributed by atoms with Gasteiger partial charge in [0.15, 0.2) is 0 Å². The highest BCUT2D eigenvalue weighted by Gasteiger charge is 2.27. The van der Waals surface area contributed by atoms with Crippen LogP contribution >= 0.6 is 0 Å². The third-order valence-corrected chi connectivity index (χ3v) is 3.60. The van der Waals surface area contributed by atoms with Gasteiger partial charge in [-0.25, -0.2) is 0 Å². The Balaban J connectivity index is 2.02. The molecule has 0 amide bonds. The molecule has 1 aromatic carbocycles. The van der Waals surface area contributed by atoms with E-state index in [1.54, 1.807) is 0 Å². The molecule has 1 fully saturated rings. The molecule has 1 aliphatic rings. The van der Waals surface area contributed by atoms with E-state index in [0.717, 1.165) is 24.6 Å². The van der Waals surface area contributed by atoms with Crippen LogP contribution in [0.15, 0.2) is 30.3 Å². The minimum Gasteiger partial charge on any atom is -0.481 e. The molecule has 0 heterocycles. The van der Waals surface area contributed by atoms with Crippen LogP contribution < -0.4 is 0 Å². The molecule has 0 aliphatic heterocycles. The SMILES string of the molecule is CCN(CC1CC1)CC(C(=O)O)c1ccccc1. The minimum atomic E-state index is -0.726. The van der Waals surface area contributed by atoms with Crippen LogP contribution in [0, 0.1) is 5.92 Å². The van der Waals surface area contributed by atoms with Crippen LogP contribution in [0.1, 0.15) is 31.2 Å². The van der Waals surface area contributed by atoms with Gasteiger partial charge in [-0.05, 0) is 30.9 Å². The first-order valence-electron chi connectivity index (χ1n) is 6.70. The van der Waals surface area contributed by atoms with Gasteiger partial charge in [-0.3, -0.25) is 4.79 Å². The number of aliphatic carboxylic acids is 1. The average molecular weight is 247 g/mol. The molecule has 1 N–H and O–H groups in total. The maximum atomic E-state index is 11.4. The second kappa shape index (κ2) is 6.01. The Morgan fingerprint density at radius 1 is 1.39 bits per heavy atom. The number of carboxylic acids is 1. The molecule has 0 spiro atoms. The zero-order valence-electron chi connectivity index (χ0n) is 10.9. The molecule has 0 radical (unpaired) electrons. The van der Waals surface area contributed by atoms with Crippen LogP contribution in [-0.4, -0.2) is 35.6 Å². The molecule has 0 saturated heterocycles. The fourth-order valence-electron chi connectivity index (χ4n) is 2.27. The third-order valence-electron chi connectivity index (χ3n) is 3.60.